The summed E-state index contributed by atoms with van der Waals surface area (Å²) in [5.41, 5.74) is 8.61. The highest BCUT2D eigenvalue weighted by atomic mass is 32.1. The molecule has 35 heavy (non-hydrogen) atoms. The summed E-state index contributed by atoms with van der Waals surface area (Å²) in [6.07, 6.45) is -0.297. The molecule has 2 N–H and O–H groups in total. The fourth-order valence-corrected chi connectivity index (χ4v) is 5.31. The van der Waals surface area contributed by atoms with Crippen molar-refractivity contribution in [2.45, 2.75) is 44.4 Å². The number of aromatic nitrogens is 3. The Morgan fingerprint density at radius 3 is 2.77 bits per heavy atom. The molecule has 9 heteroatoms. The minimum Gasteiger partial charge on any atom is -0.419 e. The fourth-order valence-electron chi connectivity index (χ4n) is 4.39. The highest BCUT2D eigenvalue weighted by molar-refractivity contribution is 7.09. The number of hydrogen-bond acceptors (Lipinski definition) is 7. The van der Waals surface area contributed by atoms with Crippen molar-refractivity contribution >= 4 is 17.2 Å². The van der Waals surface area contributed by atoms with Crippen LogP contribution in [0.25, 0.3) is 11.5 Å². The first-order chi connectivity index (χ1) is 16.8. The molecular weight excluding hydrogens is 465 g/mol. The summed E-state index contributed by atoms with van der Waals surface area (Å²) >= 11 is 1.45. The smallest absolute Gasteiger partial charge is 0.254 e. The lowest BCUT2D eigenvalue weighted by Gasteiger charge is -2.23. The molecule has 0 aliphatic carbocycles. The third kappa shape index (κ3) is 4.87. The highest BCUT2D eigenvalue weighted by Crippen LogP contribution is 2.36. The number of halogens is 1. The lowest BCUT2D eigenvalue weighted by atomic mass is 9.94. The first kappa shape index (κ1) is 23.3. The van der Waals surface area contributed by atoms with E-state index in [0.717, 1.165) is 16.3 Å². The van der Waals surface area contributed by atoms with Crippen LogP contribution in [0.2, 0.25) is 0 Å². The Labute approximate surface area is 206 Å². The average molecular weight is 492 g/mol. The number of nitrogens with zero attached hydrogens (tertiary/aromatic N) is 4. The SMILES string of the molecule is Cc1csc([C@H]2C[C@H](F)CN2C(=O)c2cccc(-c3nnc(C(C)(N)Cc4ccccc4)o3)c2)n1. The summed E-state index contributed by atoms with van der Waals surface area (Å²) < 4.78 is 20.3. The number of amides is 1. The van der Waals surface area contributed by atoms with Gasteiger partial charge in [0, 0.05) is 28.6 Å². The molecule has 3 heterocycles. The maximum Gasteiger partial charge on any atom is 0.254 e. The molecule has 1 aliphatic rings. The van der Waals surface area contributed by atoms with E-state index < -0.39 is 11.7 Å². The van der Waals surface area contributed by atoms with E-state index >= 15 is 0 Å². The van der Waals surface area contributed by atoms with Gasteiger partial charge >= 0.3 is 0 Å². The van der Waals surface area contributed by atoms with Crippen LogP contribution in [0.3, 0.4) is 0 Å². The molecule has 2 aromatic carbocycles. The maximum atomic E-state index is 14.3. The highest BCUT2D eigenvalue weighted by Gasteiger charge is 2.38. The van der Waals surface area contributed by atoms with Gasteiger partial charge in [0.2, 0.25) is 11.8 Å². The van der Waals surface area contributed by atoms with E-state index in [4.69, 9.17) is 10.2 Å². The molecule has 7 nitrogen and oxygen atoms in total. The normalized spacial score (nSPS) is 19.6. The largest absolute Gasteiger partial charge is 0.419 e. The van der Waals surface area contributed by atoms with Crippen molar-refractivity contribution in [1.82, 2.24) is 20.1 Å². The summed E-state index contributed by atoms with van der Waals surface area (Å²) in [5, 5.41) is 11.0. The zero-order chi connectivity index (χ0) is 24.6. The second-order valence-corrected chi connectivity index (χ2v) is 10.1. The van der Waals surface area contributed by atoms with Crippen LogP contribution >= 0.6 is 11.3 Å². The number of nitrogens with two attached hydrogens (primary N) is 1. The minimum atomic E-state index is -1.08. The van der Waals surface area contributed by atoms with Crippen molar-refractivity contribution < 1.29 is 13.6 Å². The molecule has 1 unspecified atom stereocenters. The molecule has 0 bridgehead atoms. The molecule has 2 aromatic heterocycles. The lowest BCUT2D eigenvalue weighted by molar-refractivity contribution is 0.0728. The predicted molar refractivity (Wildman–Crippen MR) is 132 cm³/mol. The molecule has 1 amide bonds. The Balaban J connectivity index is 1.37. The van der Waals surface area contributed by atoms with Crippen molar-refractivity contribution in [3.05, 3.63) is 87.7 Å². The van der Waals surface area contributed by atoms with Gasteiger partial charge in [-0.3, -0.25) is 4.79 Å². The summed E-state index contributed by atoms with van der Waals surface area (Å²) in [4.78, 5) is 19.4. The van der Waals surface area contributed by atoms with E-state index in [1.165, 1.54) is 11.3 Å². The van der Waals surface area contributed by atoms with Gasteiger partial charge in [-0.2, -0.15) is 0 Å². The Hall–Kier alpha value is -3.43. The van der Waals surface area contributed by atoms with Crippen molar-refractivity contribution in [3.63, 3.8) is 0 Å². The van der Waals surface area contributed by atoms with E-state index in [1.807, 2.05) is 49.6 Å². The van der Waals surface area contributed by atoms with Crippen LogP contribution in [0.15, 0.2) is 64.4 Å². The summed E-state index contributed by atoms with van der Waals surface area (Å²) in [5.74, 6) is 0.334. The van der Waals surface area contributed by atoms with Gasteiger partial charge in [0.1, 0.15) is 11.2 Å². The maximum absolute atomic E-state index is 14.3. The monoisotopic (exact) mass is 491 g/mol. The Bertz CT molecular complexity index is 1340. The second kappa shape index (κ2) is 9.31. The molecule has 0 spiro atoms. The predicted octanol–water partition coefficient (Wildman–Crippen LogP) is 4.84. The summed E-state index contributed by atoms with van der Waals surface area (Å²) in [6, 6.07) is 16.4. The quantitative estimate of drug-likeness (QED) is 0.414. The van der Waals surface area contributed by atoms with Gasteiger partial charge in [0.15, 0.2) is 0 Å². The summed E-state index contributed by atoms with van der Waals surface area (Å²) in [6.45, 7) is 3.78. The van der Waals surface area contributed by atoms with E-state index in [2.05, 4.69) is 15.2 Å². The van der Waals surface area contributed by atoms with Gasteiger partial charge in [-0.15, -0.1) is 21.5 Å². The Morgan fingerprint density at radius 1 is 1.23 bits per heavy atom. The van der Waals surface area contributed by atoms with Crippen molar-refractivity contribution in [2.24, 2.45) is 5.73 Å². The number of carbonyl (C=O) groups is 1. The third-order valence-electron chi connectivity index (χ3n) is 6.12. The first-order valence-electron chi connectivity index (χ1n) is 11.4. The summed E-state index contributed by atoms with van der Waals surface area (Å²) in [7, 11) is 0. The van der Waals surface area contributed by atoms with Gasteiger partial charge in [0.05, 0.1) is 18.1 Å². The van der Waals surface area contributed by atoms with E-state index in [-0.39, 0.29) is 30.8 Å². The number of carbonyl (C=O) groups excluding carboxylic acids is 1. The van der Waals surface area contributed by atoms with Crippen LogP contribution < -0.4 is 5.73 Å². The fraction of sp³-hybridized carbons (Fsp3) is 0.308. The molecule has 1 fully saturated rings. The topological polar surface area (TPSA) is 98.1 Å². The van der Waals surface area contributed by atoms with Crippen molar-refractivity contribution in [3.8, 4) is 11.5 Å². The molecule has 0 radical (unpaired) electrons. The van der Waals surface area contributed by atoms with Gasteiger partial charge in [-0.1, -0.05) is 36.4 Å². The van der Waals surface area contributed by atoms with Crippen LogP contribution in [0.5, 0.6) is 0 Å². The number of rotatable bonds is 6. The van der Waals surface area contributed by atoms with Crippen molar-refractivity contribution in [1.29, 1.82) is 0 Å². The number of thiazole rings is 1. The Morgan fingerprint density at radius 2 is 2.03 bits per heavy atom. The average Bonchev–Trinajstić information content (AvgIpc) is 3.59. The molecule has 180 valence electrons. The van der Waals surface area contributed by atoms with Crippen molar-refractivity contribution in [2.75, 3.05) is 6.54 Å². The van der Waals surface area contributed by atoms with Gasteiger partial charge in [-0.25, -0.2) is 9.37 Å². The Kier molecular flexibility index (Phi) is 6.21. The number of hydrogen-bond donors (Lipinski definition) is 1. The molecule has 0 saturated carbocycles. The number of likely N-dealkylation sites (tertiary alicyclic amines) is 1. The van der Waals surface area contributed by atoms with Gasteiger partial charge in [-0.05, 0) is 44.0 Å². The molecule has 1 aliphatic heterocycles. The molecule has 3 atom stereocenters. The van der Waals surface area contributed by atoms with Crippen LogP contribution in [-0.4, -0.2) is 38.7 Å². The van der Waals surface area contributed by atoms with E-state index in [0.29, 0.717) is 23.4 Å². The van der Waals surface area contributed by atoms with Crippen LogP contribution in [0, 0.1) is 6.92 Å². The van der Waals surface area contributed by atoms with Crippen LogP contribution in [0.4, 0.5) is 4.39 Å². The molecule has 4 aromatic rings. The van der Waals surface area contributed by atoms with Crippen LogP contribution in [0.1, 0.15) is 51.9 Å². The number of alkyl halides is 1. The minimum absolute atomic E-state index is 0.0437. The lowest BCUT2D eigenvalue weighted by Crippen LogP contribution is -2.35. The second-order valence-electron chi connectivity index (χ2n) is 9.21. The first-order valence-corrected chi connectivity index (χ1v) is 12.3. The van der Waals surface area contributed by atoms with E-state index in [1.54, 1.807) is 29.2 Å². The van der Waals surface area contributed by atoms with Gasteiger partial charge in [0.25, 0.3) is 5.91 Å². The number of aryl methyl sites for hydroxylation is 1. The molecule has 1 saturated heterocycles. The van der Waals surface area contributed by atoms with Gasteiger partial charge < -0.3 is 15.1 Å². The zero-order valence-corrected chi connectivity index (χ0v) is 20.3. The zero-order valence-electron chi connectivity index (χ0n) is 19.5. The standard InChI is InChI=1S/C26H26FN5O2S/c1-16-15-35-23(29-16)21-12-20(27)14-32(21)24(33)19-10-6-9-18(11-19)22-30-31-25(34-22)26(2,28)13-17-7-4-3-5-8-17/h3-11,15,20-21H,12-14,28H2,1-2H3/t20-,21+,26?/m0/s1. The molecular formula is C26H26FN5O2S. The molecule has 5 rings (SSSR count). The number of benzene rings is 2. The third-order valence-corrected chi connectivity index (χ3v) is 7.18. The van der Waals surface area contributed by atoms with Crippen LogP contribution in [-0.2, 0) is 12.0 Å². The van der Waals surface area contributed by atoms with E-state index in [9.17, 15) is 9.18 Å².